The van der Waals surface area contributed by atoms with Gasteiger partial charge in [-0.1, -0.05) is 36.4 Å². The highest BCUT2D eigenvalue weighted by atomic mass is 16.2. The number of amides is 1. The molecule has 3 aromatic rings. The molecule has 1 atom stereocenters. The second kappa shape index (κ2) is 7.41. The van der Waals surface area contributed by atoms with E-state index >= 15 is 0 Å². The van der Waals surface area contributed by atoms with Crippen molar-refractivity contribution in [1.82, 2.24) is 14.4 Å². The smallest absolute Gasteiger partial charge is 0.254 e. The van der Waals surface area contributed by atoms with Crippen molar-refractivity contribution in [3.05, 3.63) is 89.7 Å². The number of nitrogens with zero attached hydrogens (tertiary/aromatic N) is 3. The fraction of sp³-hybridized carbons (Fsp3) is 0.261. The maximum atomic E-state index is 13.4. The molecule has 2 heterocycles. The number of benzene rings is 2. The van der Waals surface area contributed by atoms with Gasteiger partial charge in [-0.3, -0.25) is 4.79 Å². The molecule has 138 valence electrons. The molecule has 0 spiro atoms. The van der Waals surface area contributed by atoms with Gasteiger partial charge in [0.25, 0.3) is 5.91 Å². The van der Waals surface area contributed by atoms with Crippen LogP contribution in [0.15, 0.2) is 73.1 Å². The van der Waals surface area contributed by atoms with Gasteiger partial charge in [0.2, 0.25) is 0 Å². The van der Waals surface area contributed by atoms with Gasteiger partial charge in [0.05, 0.1) is 6.04 Å². The van der Waals surface area contributed by atoms with Crippen LogP contribution in [-0.4, -0.2) is 47.0 Å². The molecule has 4 nitrogen and oxygen atoms in total. The fourth-order valence-corrected chi connectivity index (χ4v) is 3.80. The lowest BCUT2D eigenvalue weighted by Crippen LogP contribution is -2.49. The van der Waals surface area contributed by atoms with E-state index in [-0.39, 0.29) is 11.9 Å². The van der Waals surface area contributed by atoms with Crippen LogP contribution >= 0.6 is 0 Å². The van der Waals surface area contributed by atoms with Crippen LogP contribution in [0.3, 0.4) is 0 Å². The Morgan fingerprint density at radius 3 is 2.44 bits per heavy atom. The number of hydrogen-bond acceptors (Lipinski definition) is 2. The van der Waals surface area contributed by atoms with E-state index in [0.29, 0.717) is 0 Å². The maximum Gasteiger partial charge on any atom is 0.254 e. The number of aromatic nitrogens is 1. The van der Waals surface area contributed by atoms with Crippen LogP contribution in [0.1, 0.15) is 27.5 Å². The monoisotopic (exact) mass is 359 g/mol. The molecule has 4 heteroatoms. The molecule has 0 N–H and O–H groups in total. The minimum atomic E-state index is 0.0776. The van der Waals surface area contributed by atoms with Crippen LogP contribution in [0.5, 0.6) is 0 Å². The molecule has 4 rings (SSSR count). The average molecular weight is 359 g/mol. The van der Waals surface area contributed by atoms with E-state index < -0.39 is 0 Å². The Morgan fingerprint density at radius 1 is 0.963 bits per heavy atom. The SMILES string of the molecule is Cc1ccc(C(=O)N2CCN(C)C[C@@H]2c2ccccc2)cc1-n1cccc1. The molecule has 2 aromatic carbocycles. The highest BCUT2D eigenvalue weighted by molar-refractivity contribution is 5.95. The van der Waals surface area contributed by atoms with Gasteiger partial charge in [-0.25, -0.2) is 0 Å². The second-order valence-corrected chi connectivity index (χ2v) is 7.28. The van der Waals surface area contributed by atoms with Crippen molar-refractivity contribution in [2.75, 3.05) is 26.7 Å². The van der Waals surface area contributed by atoms with E-state index in [1.165, 1.54) is 5.56 Å². The predicted molar refractivity (Wildman–Crippen MR) is 108 cm³/mol. The molecule has 1 fully saturated rings. The lowest BCUT2D eigenvalue weighted by Gasteiger charge is -2.40. The lowest BCUT2D eigenvalue weighted by atomic mass is 10.0. The summed E-state index contributed by atoms with van der Waals surface area (Å²) in [5.74, 6) is 0.102. The number of likely N-dealkylation sites (N-methyl/N-ethyl adjacent to an activating group) is 1. The summed E-state index contributed by atoms with van der Waals surface area (Å²) in [4.78, 5) is 17.7. The molecule has 0 bridgehead atoms. The third kappa shape index (κ3) is 3.53. The van der Waals surface area contributed by atoms with E-state index in [0.717, 1.165) is 36.4 Å². The zero-order valence-corrected chi connectivity index (χ0v) is 15.9. The summed E-state index contributed by atoms with van der Waals surface area (Å²) in [7, 11) is 2.12. The van der Waals surface area contributed by atoms with Gasteiger partial charge in [0, 0.05) is 43.3 Å². The van der Waals surface area contributed by atoms with Gasteiger partial charge in [-0.05, 0) is 49.4 Å². The summed E-state index contributed by atoms with van der Waals surface area (Å²) in [6.07, 6.45) is 4.03. The number of rotatable bonds is 3. The van der Waals surface area contributed by atoms with Crippen LogP contribution in [0, 0.1) is 6.92 Å². The van der Waals surface area contributed by atoms with Crippen molar-refractivity contribution >= 4 is 5.91 Å². The fourth-order valence-electron chi connectivity index (χ4n) is 3.80. The van der Waals surface area contributed by atoms with Crippen molar-refractivity contribution < 1.29 is 4.79 Å². The third-order valence-electron chi connectivity index (χ3n) is 5.37. The van der Waals surface area contributed by atoms with E-state index in [4.69, 9.17) is 0 Å². The minimum Gasteiger partial charge on any atom is -0.329 e. The van der Waals surface area contributed by atoms with Crippen LogP contribution in [0.2, 0.25) is 0 Å². The predicted octanol–water partition coefficient (Wildman–Crippen LogP) is 3.91. The number of carbonyl (C=O) groups is 1. The van der Waals surface area contributed by atoms with Crippen LogP contribution < -0.4 is 0 Å². The standard InChI is InChI=1S/C23H25N3O/c1-18-10-11-20(16-21(18)25-12-6-7-13-25)23(27)26-15-14-24(2)17-22(26)19-8-4-3-5-9-19/h3-13,16,22H,14-15,17H2,1-2H3/t22-/m1/s1. The summed E-state index contributed by atoms with van der Waals surface area (Å²) in [6.45, 7) is 4.56. The van der Waals surface area contributed by atoms with Gasteiger partial charge in [0.1, 0.15) is 0 Å². The van der Waals surface area contributed by atoms with Gasteiger partial charge < -0.3 is 14.4 Å². The molecule has 1 aromatic heterocycles. The third-order valence-corrected chi connectivity index (χ3v) is 5.37. The minimum absolute atomic E-state index is 0.0776. The number of carbonyl (C=O) groups excluding carboxylic acids is 1. The normalized spacial score (nSPS) is 17.9. The summed E-state index contributed by atoms with van der Waals surface area (Å²) in [5, 5.41) is 0. The molecule has 0 radical (unpaired) electrons. The molecular formula is C23H25N3O. The molecule has 1 amide bonds. The molecule has 1 aliphatic rings. The van der Waals surface area contributed by atoms with Gasteiger partial charge in [0.15, 0.2) is 0 Å². The van der Waals surface area contributed by atoms with Crippen molar-refractivity contribution in [3.8, 4) is 5.69 Å². The number of aryl methyl sites for hydroxylation is 1. The molecule has 27 heavy (non-hydrogen) atoms. The zero-order valence-electron chi connectivity index (χ0n) is 15.9. The second-order valence-electron chi connectivity index (χ2n) is 7.28. The Morgan fingerprint density at radius 2 is 1.70 bits per heavy atom. The Labute approximate surface area is 160 Å². The first kappa shape index (κ1) is 17.6. The van der Waals surface area contributed by atoms with Crippen LogP contribution in [0.25, 0.3) is 5.69 Å². The van der Waals surface area contributed by atoms with Gasteiger partial charge in [-0.2, -0.15) is 0 Å². The Kier molecular flexibility index (Phi) is 4.82. The average Bonchev–Trinajstić information content (AvgIpc) is 3.23. The van der Waals surface area contributed by atoms with E-state index in [1.54, 1.807) is 0 Å². The van der Waals surface area contributed by atoms with E-state index in [1.807, 2.05) is 65.8 Å². The summed E-state index contributed by atoms with van der Waals surface area (Å²) in [5.41, 5.74) is 4.14. The first-order chi connectivity index (χ1) is 13.1. The first-order valence-electron chi connectivity index (χ1n) is 9.42. The highest BCUT2D eigenvalue weighted by Gasteiger charge is 2.31. The quantitative estimate of drug-likeness (QED) is 0.709. The van der Waals surface area contributed by atoms with Crippen molar-refractivity contribution in [2.24, 2.45) is 0 Å². The molecule has 1 aliphatic heterocycles. The van der Waals surface area contributed by atoms with Gasteiger partial charge >= 0.3 is 0 Å². The molecule has 1 saturated heterocycles. The van der Waals surface area contributed by atoms with Gasteiger partial charge in [-0.15, -0.1) is 0 Å². The Balaban J connectivity index is 1.68. The van der Waals surface area contributed by atoms with Crippen LogP contribution in [0.4, 0.5) is 0 Å². The first-order valence-corrected chi connectivity index (χ1v) is 9.42. The van der Waals surface area contributed by atoms with Crippen LogP contribution in [-0.2, 0) is 0 Å². The van der Waals surface area contributed by atoms with Crippen molar-refractivity contribution in [2.45, 2.75) is 13.0 Å². The largest absolute Gasteiger partial charge is 0.329 e. The number of hydrogen-bond donors (Lipinski definition) is 0. The van der Waals surface area contributed by atoms with Crippen molar-refractivity contribution in [3.63, 3.8) is 0 Å². The number of piperazine rings is 1. The topological polar surface area (TPSA) is 28.5 Å². The van der Waals surface area contributed by atoms with E-state index in [9.17, 15) is 4.79 Å². The van der Waals surface area contributed by atoms with E-state index in [2.05, 4.69) is 35.6 Å². The Hall–Kier alpha value is -2.85. The Bertz CT molecular complexity index is 918. The van der Waals surface area contributed by atoms with Crippen molar-refractivity contribution in [1.29, 1.82) is 0 Å². The summed E-state index contributed by atoms with van der Waals surface area (Å²) < 4.78 is 2.06. The highest BCUT2D eigenvalue weighted by Crippen LogP contribution is 2.27. The zero-order chi connectivity index (χ0) is 18.8. The molecule has 0 saturated carbocycles. The summed E-state index contributed by atoms with van der Waals surface area (Å²) >= 11 is 0. The molecule has 0 unspecified atom stereocenters. The lowest BCUT2D eigenvalue weighted by molar-refractivity contribution is 0.0498. The molecular weight excluding hydrogens is 334 g/mol. The summed E-state index contributed by atoms with van der Waals surface area (Å²) in [6, 6.07) is 20.4. The maximum absolute atomic E-state index is 13.4. The molecule has 0 aliphatic carbocycles.